The second-order valence-electron chi connectivity index (χ2n) is 3.36. The van der Waals surface area contributed by atoms with Crippen LogP contribution in [0.3, 0.4) is 0 Å². The summed E-state index contributed by atoms with van der Waals surface area (Å²) in [6, 6.07) is 3.90. The van der Waals surface area contributed by atoms with E-state index in [1.54, 1.807) is 6.92 Å². The molecule has 3 nitrogen and oxygen atoms in total. The monoisotopic (exact) mass is 211 g/mol. The van der Waals surface area contributed by atoms with E-state index in [9.17, 15) is 9.18 Å². The third kappa shape index (κ3) is 2.94. The first kappa shape index (κ1) is 11.5. The fourth-order valence-corrected chi connectivity index (χ4v) is 1.03. The number of halogens is 1. The highest BCUT2D eigenvalue weighted by atomic mass is 19.1. The Kier molecular flexibility index (Phi) is 3.66. The maximum atomic E-state index is 13.3. The van der Waals surface area contributed by atoms with Crippen LogP contribution < -0.4 is 5.73 Å². The number of carbonyl (C=O) groups is 1. The molecular weight excluding hydrogens is 197 g/mol. The summed E-state index contributed by atoms with van der Waals surface area (Å²) < 4.78 is 18.3. The highest BCUT2D eigenvalue weighted by Gasteiger charge is 2.15. The molecule has 0 bridgehead atoms. The van der Waals surface area contributed by atoms with Gasteiger partial charge in [-0.3, -0.25) is 0 Å². The van der Waals surface area contributed by atoms with Crippen molar-refractivity contribution in [3.63, 3.8) is 0 Å². The Bertz CT molecular complexity index is 366. The Labute approximate surface area is 88.0 Å². The SMILES string of the molecule is CCC(C)OC(=O)c1ccc(N)cc1F. The van der Waals surface area contributed by atoms with Crippen molar-refractivity contribution in [2.75, 3.05) is 5.73 Å². The van der Waals surface area contributed by atoms with E-state index in [1.807, 2.05) is 6.92 Å². The molecule has 2 N–H and O–H groups in total. The number of hydrogen-bond acceptors (Lipinski definition) is 3. The van der Waals surface area contributed by atoms with Crippen LogP contribution in [-0.4, -0.2) is 12.1 Å². The maximum absolute atomic E-state index is 13.3. The molecule has 0 aliphatic rings. The molecule has 82 valence electrons. The van der Waals surface area contributed by atoms with Crippen LogP contribution in [-0.2, 0) is 4.74 Å². The summed E-state index contributed by atoms with van der Waals surface area (Å²) >= 11 is 0. The smallest absolute Gasteiger partial charge is 0.341 e. The van der Waals surface area contributed by atoms with E-state index in [2.05, 4.69) is 0 Å². The second-order valence-corrected chi connectivity index (χ2v) is 3.36. The molecular formula is C11H14FNO2. The highest BCUT2D eigenvalue weighted by Crippen LogP contribution is 2.14. The van der Waals surface area contributed by atoms with Crippen molar-refractivity contribution in [2.45, 2.75) is 26.4 Å². The molecule has 0 fully saturated rings. The van der Waals surface area contributed by atoms with Gasteiger partial charge in [0.15, 0.2) is 0 Å². The Hall–Kier alpha value is -1.58. The lowest BCUT2D eigenvalue weighted by Crippen LogP contribution is -2.15. The molecule has 15 heavy (non-hydrogen) atoms. The van der Waals surface area contributed by atoms with Crippen molar-refractivity contribution < 1.29 is 13.9 Å². The zero-order chi connectivity index (χ0) is 11.4. The van der Waals surface area contributed by atoms with Gasteiger partial charge in [-0.25, -0.2) is 9.18 Å². The first-order chi connectivity index (χ1) is 7.04. The fourth-order valence-electron chi connectivity index (χ4n) is 1.03. The van der Waals surface area contributed by atoms with Crippen molar-refractivity contribution in [2.24, 2.45) is 0 Å². The Balaban J connectivity index is 2.82. The van der Waals surface area contributed by atoms with Gasteiger partial charge >= 0.3 is 5.97 Å². The number of nitrogens with two attached hydrogens (primary N) is 1. The molecule has 1 rings (SSSR count). The van der Waals surface area contributed by atoms with Gasteiger partial charge in [0.05, 0.1) is 11.7 Å². The standard InChI is InChI=1S/C11H14FNO2/c1-3-7(2)15-11(14)9-5-4-8(13)6-10(9)12/h4-7H,3,13H2,1-2H3. The molecule has 4 heteroatoms. The fraction of sp³-hybridized carbons (Fsp3) is 0.364. The normalized spacial score (nSPS) is 12.2. The van der Waals surface area contributed by atoms with E-state index in [1.165, 1.54) is 12.1 Å². The van der Waals surface area contributed by atoms with Crippen LogP contribution in [0.4, 0.5) is 10.1 Å². The molecule has 0 radical (unpaired) electrons. The zero-order valence-corrected chi connectivity index (χ0v) is 8.79. The first-order valence-electron chi connectivity index (χ1n) is 4.80. The molecule has 0 amide bonds. The zero-order valence-electron chi connectivity index (χ0n) is 8.79. The minimum atomic E-state index is -0.651. The van der Waals surface area contributed by atoms with E-state index < -0.39 is 11.8 Å². The van der Waals surface area contributed by atoms with Crippen LogP contribution in [0.2, 0.25) is 0 Å². The van der Waals surface area contributed by atoms with Crippen molar-refractivity contribution in [3.05, 3.63) is 29.6 Å². The highest BCUT2D eigenvalue weighted by molar-refractivity contribution is 5.90. The average molecular weight is 211 g/mol. The molecule has 0 aliphatic carbocycles. The lowest BCUT2D eigenvalue weighted by Gasteiger charge is -2.11. The summed E-state index contributed by atoms with van der Waals surface area (Å²) in [5.74, 6) is -1.30. The molecule has 0 heterocycles. The van der Waals surface area contributed by atoms with Gasteiger partial charge in [-0.1, -0.05) is 6.92 Å². The summed E-state index contributed by atoms with van der Waals surface area (Å²) in [6.45, 7) is 3.64. The van der Waals surface area contributed by atoms with Crippen LogP contribution in [0.25, 0.3) is 0 Å². The predicted octanol–water partition coefficient (Wildman–Crippen LogP) is 2.36. The third-order valence-corrected chi connectivity index (χ3v) is 2.10. The Morgan fingerprint density at radius 2 is 2.27 bits per heavy atom. The predicted molar refractivity (Wildman–Crippen MR) is 56.0 cm³/mol. The van der Waals surface area contributed by atoms with Gasteiger partial charge in [0.25, 0.3) is 0 Å². The molecule has 1 unspecified atom stereocenters. The summed E-state index contributed by atoms with van der Waals surface area (Å²) in [4.78, 5) is 11.4. The molecule has 0 saturated carbocycles. The van der Waals surface area contributed by atoms with Crippen LogP contribution in [0.1, 0.15) is 30.6 Å². The van der Waals surface area contributed by atoms with Crippen molar-refractivity contribution in [1.82, 2.24) is 0 Å². The van der Waals surface area contributed by atoms with E-state index in [-0.39, 0.29) is 17.4 Å². The Morgan fingerprint density at radius 3 is 2.80 bits per heavy atom. The largest absolute Gasteiger partial charge is 0.459 e. The van der Waals surface area contributed by atoms with Gasteiger partial charge in [-0.2, -0.15) is 0 Å². The van der Waals surface area contributed by atoms with Crippen molar-refractivity contribution >= 4 is 11.7 Å². The number of hydrogen-bond donors (Lipinski definition) is 1. The minimum Gasteiger partial charge on any atom is -0.459 e. The molecule has 0 spiro atoms. The lowest BCUT2D eigenvalue weighted by atomic mass is 10.2. The van der Waals surface area contributed by atoms with E-state index in [0.717, 1.165) is 6.07 Å². The van der Waals surface area contributed by atoms with Crippen LogP contribution in [0.15, 0.2) is 18.2 Å². The van der Waals surface area contributed by atoms with Gasteiger partial charge in [0.2, 0.25) is 0 Å². The number of anilines is 1. The molecule has 1 aromatic rings. The molecule has 0 aromatic heterocycles. The van der Waals surface area contributed by atoms with Crippen molar-refractivity contribution in [3.8, 4) is 0 Å². The molecule has 1 aromatic carbocycles. The molecule has 1 atom stereocenters. The average Bonchev–Trinajstić information content (AvgIpc) is 2.17. The number of benzene rings is 1. The van der Waals surface area contributed by atoms with E-state index in [0.29, 0.717) is 6.42 Å². The number of carbonyl (C=O) groups excluding carboxylic acids is 1. The number of rotatable bonds is 3. The topological polar surface area (TPSA) is 52.3 Å². The number of nitrogen functional groups attached to an aromatic ring is 1. The van der Waals surface area contributed by atoms with Gasteiger partial charge in [0.1, 0.15) is 5.82 Å². The van der Waals surface area contributed by atoms with Gasteiger partial charge < -0.3 is 10.5 Å². The first-order valence-corrected chi connectivity index (χ1v) is 4.80. The summed E-state index contributed by atoms with van der Waals surface area (Å²) in [6.07, 6.45) is 0.483. The minimum absolute atomic E-state index is 0.0792. The summed E-state index contributed by atoms with van der Waals surface area (Å²) in [7, 11) is 0. The summed E-state index contributed by atoms with van der Waals surface area (Å²) in [5.41, 5.74) is 5.57. The second kappa shape index (κ2) is 4.77. The van der Waals surface area contributed by atoms with Crippen LogP contribution >= 0.6 is 0 Å². The quantitative estimate of drug-likeness (QED) is 0.616. The number of ether oxygens (including phenoxy) is 1. The van der Waals surface area contributed by atoms with Gasteiger partial charge in [0, 0.05) is 5.69 Å². The van der Waals surface area contributed by atoms with E-state index >= 15 is 0 Å². The summed E-state index contributed by atoms with van der Waals surface area (Å²) in [5, 5.41) is 0. The lowest BCUT2D eigenvalue weighted by molar-refractivity contribution is 0.0329. The molecule has 0 aliphatic heterocycles. The maximum Gasteiger partial charge on any atom is 0.341 e. The van der Waals surface area contributed by atoms with Crippen molar-refractivity contribution in [1.29, 1.82) is 0 Å². The third-order valence-electron chi connectivity index (χ3n) is 2.10. The number of esters is 1. The Morgan fingerprint density at radius 1 is 1.60 bits per heavy atom. The van der Waals surface area contributed by atoms with Crippen LogP contribution in [0, 0.1) is 5.82 Å². The van der Waals surface area contributed by atoms with Gasteiger partial charge in [-0.05, 0) is 31.5 Å². The van der Waals surface area contributed by atoms with Crippen LogP contribution in [0.5, 0.6) is 0 Å². The molecule has 0 saturated heterocycles. The van der Waals surface area contributed by atoms with E-state index in [4.69, 9.17) is 10.5 Å². The van der Waals surface area contributed by atoms with Gasteiger partial charge in [-0.15, -0.1) is 0 Å².